The Morgan fingerprint density at radius 2 is 2.18 bits per heavy atom. The molecule has 1 atom stereocenters. The van der Waals surface area contributed by atoms with Crippen molar-refractivity contribution < 1.29 is 4.92 Å². The van der Waals surface area contributed by atoms with Gasteiger partial charge in [-0.25, -0.2) is 0 Å². The topological polar surface area (TPSA) is 55.2 Å². The van der Waals surface area contributed by atoms with Gasteiger partial charge < -0.3 is 5.32 Å². The Morgan fingerprint density at radius 1 is 1.47 bits per heavy atom. The van der Waals surface area contributed by atoms with E-state index in [2.05, 4.69) is 12.2 Å². The predicted molar refractivity (Wildman–Crippen MR) is 68.2 cm³/mol. The van der Waals surface area contributed by atoms with Crippen molar-refractivity contribution in [2.75, 3.05) is 11.9 Å². The molecule has 0 aliphatic heterocycles. The van der Waals surface area contributed by atoms with Crippen LogP contribution in [0.2, 0.25) is 0 Å². The summed E-state index contributed by atoms with van der Waals surface area (Å²) in [5.41, 5.74) is 1.93. The largest absolute Gasteiger partial charge is 0.385 e. The molecule has 1 fully saturated rings. The summed E-state index contributed by atoms with van der Waals surface area (Å²) < 4.78 is 0. The van der Waals surface area contributed by atoms with Gasteiger partial charge in [0, 0.05) is 24.4 Å². The summed E-state index contributed by atoms with van der Waals surface area (Å²) in [5.74, 6) is 1.50. The molecular weight excluding hydrogens is 216 g/mol. The molecule has 1 saturated carbocycles. The summed E-state index contributed by atoms with van der Waals surface area (Å²) >= 11 is 0. The minimum atomic E-state index is -0.345. The van der Waals surface area contributed by atoms with Crippen LogP contribution >= 0.6 is 0 Å². The molecule has 0 aromatic heterocycles. The van der Waals surface area contributed by atoms with E-state index in [9.17, 15) is 10.1 Å². The maximum absolute atomic E-state index is 10.7. The molecule has 1 aliphatic rings. The van der Waals surface area contributed by atoms with Crippen LogP contribution in [0.5, 0.6) is 0 Å². The Kier molecular flexibility index (Phi) is 3.31. The van der Waals surface area contributed by atoms with Gasteiger partial charge in [-0.15, -0.1) is 0 Å². The van der Waals surface area contributed by atoms with E-state index in [0.29, 0.717) is 5.92 Å². The van der Waals surface area contributed by atoms with E-state index in [1.807, 2.05) is 13.0 Å². The summed E-state index contributed by atoms with van der Waals surface area (Å²) in [7, 11) is 0. The van der Waals surface area contributed by atoms with Crippen LogP contribution in [0.3, 0.4) is 0 Å². The number of hydrogen-bond donors (Lipinski definition) is 1. The Hall–Kier alpha value is -1.58. The van der Waals surface area contributed by atoms with Crippen LogP contribution in [0.25, 0.3) is 0 Å². The van der Waals surface area contributed by atoms with Gasteiger partial charge in [0.25, 0.3) is 5.69 Å². The summed E-state index contributed by atoms with van der Waals surface area (Å²) in [4.78, 5) is 10.4. The van der Waals surface area contributed by atoms with Crippen molar-refractivity contribution in [1.82, 2.24) is 0 Å². The molecule has 1 aliphatic carbocycles. The third kappa shape index (κ3) is 3.19. The molecule has 2 rings (SSSR count). The lowest BCUT2D eigenvalue weighted by molar-refractivity contribution is -0.384. The number of hydrogen-bond acceptors (Lipinski definition) is 3. The molecule has 4 heteroatoms. The van der Waals surface area contributed by atoms with Gasteiger partial charge in [-0.3, -0.25) is 10.1 Å². The van der Waals surface area contributed by atoms with E-state index < -0.39 is 0 Å². The Morgan fingerprint density at radius 3 is 2.76 bits per heavy atom. The lowest BCUT2D eigenvalue weighted by atomic mass is 10.1. The fourth-order valence-corrected chi connectivity index (χ4v) is 2.08. The van der Waals surface area contributed by atoms with Crippen LogP contribution in [-0.2, 0) is 0 Å². The summed E-state index contributed by atoms with van der Waals surface area (Å²) in [5, 5.41) is 14.0. The number of nitro benzene ring substituents is 1. The van der Waals surface area contributed by atoms with Gasteiger partial charge in [0.05, 0.1) is 4.92 Å². The fraction of sp³-hybridized carbons (Fsp3) is 0.538. The van der Waals surface area contributed by atoms with Crippen molar-refractivity contribution in [1.29, 1.82) is 0 Å². The first kappa shape index (κ1) is 11.9. The summed E-state index contributed by atoms with van der Waals surface area (Å²) in [6.45, 7) is 5.00. The average molecular weight is 234 g/mol. The molecular formula is C13H18N2O2. The minimum Gasteiger partial charge on any atom is -0.385 e. The van der Waals surface area contributed by atoms with E-state index in [4.69, 9.17) is 0 Å². The summed E-state index contributed by atoms with van der Waals surface area (Å²) in [6.07, 6.45) is 2.66. The molecule has 0 saturated heterocycles. The van der Waals surface area contributed by atoms with Crippen molar-refractivity contribution in [2.24, 2.45) is 11.8 Å². The first-order chi connectivity index (χ1) is 8.06. The van der Waals surface area contributed by atoms with Crippen molar-refractivity contribution in [3.05, 3.63) is 33.9 Å². The standard InChI is InChI=1S/C13H18N2O2/c1-9-5-12(7-13(6-9)15(16)17)14-8-10(2)11-3-4-11/h5-7,10-11,14H,3-4,8H2,1-2H3. The van der Waals surface area contributed by atoms with Crippen molar-refractivity contribution in [2.45, 2.75) is 26.7 Å². The van der Waals surface area contributed by atoms with Crippen LogP contribution in [0.15, 0.2) is 18.2 Å². The highest BCUT2D eigenvalue weighted by Gasteiger charge is 2.27. The van der Waals surface area contributed by atoms with Crippen LogP contribution < -0.4 is 5.32 Å². The third-order valence-electron chi connectivity index (χ3n) is 3.33. The number of non-ortho nitro benzene ring substituents is 1. The average Bonchev–Trinajstić information content (AvgIpc) is 3.08. The molecule has 1 unspecified atom stereocenters. The molecule has 4 nitrogen and oxygen atoms in total. The Labute approximate surface area is 101 Å². The molecule has 0 heterocycles. The van der Waals surface area contributed by atoms with Gasteiger partial charge in [0.15, 0.2) is 0 Å². The van der Waals surface area contributed by atoms with Crippen LogP contribution in [0.4, 0.5) is 11.4 Å². The smallest absolute Gasteiger partial charge is 0.271 e. The van der Waals surface area contributed by atoms with E-state index in [1.54, 1.807) is 12.1 Å². The van der Waals surface area contributed by atoms with E-state index in [0.717, 1.165) is 23.7 Å². The van der Waals surface area contributed by atoms with Crippen molar-refractivity contribution >= 4 is 11.4 Å². The highest BCUT2D eigenvalue weighted by atomic mass is 16.6. The number of benzene rings is 1. The van der Waals surface area contributed by atoms with Crippen LogP contribution in [0.1, 0.15) is 25.3 Å². The third-order valence-corrected chi connectivity index (χ3v) is 3.33. The SMILES string of the molecule is Cc1cc(NCC(C)C2CC2)cc([N+](=O)[O-])c1. The molecule has 0 amide bonds. The zero-order valence-electron chi connectivity index (χ0n) is 10.3. The molecule has 0 bridgehead atoms. The maximum atomic E-state index is 10.7. The number of nitro groups is 1. The zero-order valence-corrected chi connectivity index (χ0v) is 10.3. The first-order valence-electron chi connectivity index (χ1n) is 6.06. The molecule has 1 aromatic rings. The van der Waals surface area contributed by atoms with Gasteiger partial charge >= 0.3 is 0 Å². The van der Waals surface area contributed by atoms with E-state index in [1.165, 1.54) is 12.8 Å². The molecule has 92 valence electrons. The fourth-order valence-electron chi connectivity index (χ4n) is 2.08. The van der Waals surface area contributed by atoms with Crippen molar-refractivity contribution in [3.8, 4) is 0 Å². The van der Waals surface area contributed by atoms with Gasteiger partial charge in [-0.05, 0) is 43.2 Å². The lowest BCUT2D eigenvalue weighted by Gasteiger charge is -2.12. The number of nitrogens with zero attached hydrogens (tertiary/aromatic N) is 1. The lowest BCUT2D eigenvalue weighted by Crippen LogP contribution is -2.13. The first-order valence-corrected chi connectivity index (χ1v) is 6.06. The molecule has 17 heavy (non-hydrogen) atoms. The second kappa shape index (κ2) is 4.73. The highest BCUT2D eigenvalue weighted by Crippen LogP contribution is 2.36. The molecule has 0 spiro atoms. The van der Waals surface area contributed by atoms with Gasteiger partial charge in [0.1, 0.15) is 0 Å². The number of aryl methyl sites for hydroxylation is 1. The van der Waals surface area contributed by atoms with Crippen molar-refractivity contribution in [3.63, 3.8) is 0 Å². The van der Waals surface area contributed by atoms with E-state index in [-0.39, 0.29) is 10.6 Å². The second-order valence-corrected chi connectivity index (χ2v) is 5.01. The number of anilines is 1. The monoisotopic (exact) mass is 234 g/mol. The normalized spacial score (nSPS) is 16.6. The Bertz CT molecular complexity index is 427. The molecule has 1 aromatic carbocycles. The van der Waals surface area contributed by atoms with Gasteiger partial charge in [0.2, 0.25) is 0 Å². The quantitative estimate of drug-likeness (QED) is 0.627. The van der Waals surface area contributed by atoms with Gasteiger partial charge in [-0.1, -0.05) is 6.92 Å². The zero-order chi connectivity index (χ0) is 12.4. The van der Waals surface area contributed by atoms with E-state index >= 15 is 0 Å². The number of nitrogens with one attached hydrogen (secondary N) is 1. The number of rotatable bonds is 5. The Balaban J connectivity index is 2.01. The van der Waals surface area contributed by atoms with Gasteiger partial charge in [-0.2, -0.15) is 0 Å². The second-order valence-electron chi connectivity index (χ2n) is 5.01. The maximum Gasteiger partial charge on any atom is 0.271 e. The predicted octanol–water partition coefficient (Wildman–Crippen LogP) is 3.36. The van der Waals surface area contributed by atoms with Crippen LogP contribution in [-0.4, -0.2) is 11.5 Å². The minimum absolute atomic E-state index is 0.159. The summed E-state index contributed by atoms with van der Waals surface area (Å²) in [6, 6.07) is 5.15. The highest BCUT2D eigenvalue weighted by molar-refractivity contribution is 5.53. The molecule has 0 radical (unpaired) electrons. The van der Waals surface area contributed by atoms with Crippen LogP contribution in [0, 0.1) is 28.9 Å². The molecule has 1 N–H and O–H groups in total.